The van der Waals surface area contributed by atoms with Crippen LogP contribution in [0.1, 0.15) is 37.4 Å². The van der Waals surface area contributed by atoms with Gasteiger partial charge in [0, 0.05) is 63.2 Å². The molecule has 2 bridgehead atoms. The number of amides is 2. The molecule has 4 rings (SSSR count). The molecule has 3 aliphatic heterocycles. The molecule has 0 unspecified atom stereocenters. The summed E-state index contributed by atoms with van der Waals surface area (Å²) in [6, 6.07) is 4.74. The van der Waals surface area contributed by atoms with E-state index in [1.807, 2.05) is 15.9 Å². The lowest BCUT2D eigenvalue weighted by molar-refractivity contribution is -0.141. The van der Waals surface area contributed by atoms with Gasteiger partial charge in [0.15, 0.2) is 0 Å². The molecule has 7 heteroatoms. The summed E-state index contributed by atoms with van der Waals surface area (Å²) in [5.74, 6) is 0.184. The molecule has 1 aromatic heterocycles. The van der Waals surface area contributed by atoms with Crippen molar-refractivity contribution in [3.05, 3.63) is 34.2 Å². The number of fused-ring (bicyclic) bond motifs is 4. The zero-order valence-corrected chi connectivity index (χ0v) is 15.2. The summed E-state index contributed by atoms with van der Waals surface area (Å²) in [7, 11) is 0. The van der Waals surface area contributed by atoms with E-state index in [1.54, 1.807) is 17.6 Å². The molecule has 2 amide bonds. The third kappa shape index (κ3) is 2.94. The monoisotopic (exact) mass is 358 g/mol. The minimum atomic E-state index is -0.504. The Morgan fingerprint density at radius 3 is 2.77 bits per heavy atom. The number of hydrogen-bond acceptors (Lipinski definition) is 4. The fraction of sp³-hybridized carbons (Fsp3) is 0.632. The van der Waals surface area contributed by atoms with E-state index in [0.717, 1.165) is 31.6 Å². The standard InChI is InChI=1S/C19H26N4O3/c1-13(24)22-11-14-10-15(12-22)18(23-16(14)4-2-5-17(23)25)19(26)21-8-3-6-20-7-9-21/h2,4-5,14-15,18,20H,3,6-12H2,1H3/t14-,15+,18-/m1/s1. The Morgan fingerprint density at radius 2 is 1.96 bits per heavy atom. The predicted octanol–water partition coefficient (Wildman–Crippen LogP) is 0.177. The molecule has 2 saturated heterocycles. The first-order valence-electron chi connectivity index (χ1n) is 9.52. The Bertz CT molecular complexity index is 766. The molecule has 0 spiro atoms. The fourth-order valence-corrected chi connectivity index (χ4v) is 4.76. The quantitative estimate of drug-likeness (QED) is 0.777. The van der Waals surface area contributed by atoms with E-state index >= 15 is 0 Å². The summed E-state index contributed by atoms with van der Waals surface area (Å²) in [4.78, 5) is 41.8. The topological polar surface area (TPSA) is 74.7 Å². The number of rotatable bonds is 1. The van der Waals surface area contributed by atoms with Crippen molar-refractivity contribution in [2.75, 3.05) is 39.3 Å². The molecular formula is C19H26N4O3. The highest BCUT2D eigenvalue weighted by molar-refractivity contribution is 5.82. The highest BCUT2D eigenvalue weighted by atomic mass is 16.2. The van der Waals surface area contributed by atoms with Gasteiger partial charge < -0.3 is 15.1 Å². The number of pyridine rings is 1. The molecular weight excluding hydrogens is 332 g/mol. The van der Waals surface area contributed by atoms with Crippen LogP contribution in [0, 0.1) is 5.92 Å². The molecule has 140 valence electrons. The second-order valence-corrected chi connectivity index (χ2v) is 7.65. The van der Waals surface area contributed by atoms with Crippen molar-refractivity contribution in [3.8, 4) is 0 Å². The predicted molar refractivity (Wildman–Crippen MR) is 96.9 cm³/mol. The molecule has 7 nitrogen and oxygen atoms in total. The molecule has 0 aromatic carbocycles. The van der Waals surface area contributed by atoms with Crippen molar-refractivity contribution < 1.29 is 9.59 Å². The Kier molecular flexibility index (Phi) is 4.56. The minimum absolute atomic E-state index is 0.00559. The van der Waals surface area contributed by atoms with Gasteiger partial charge in [-0.25, -0.2) is 0 Å². The van der Waals surface area contributed by atoms with Gasteiger partial charge in [-0.3, -0.25) is 19.0 Å². The molecule has 1 N–H and O–H groups in total. The maximum Gasteiger partial charge on any atom is 0.251 e. The summed E-state index contributed by atoms with van der Waals surface area (Å²) in [6.45, 7) is 5.83. The van der Waals surface area contributed by atoms with Crippen LogP contribution < -0.4 is 10.9 Å². The van der Waals surface area contributed by atoms with Gasteiger partial charge in [-0.05, 0) is 25.5 Å². The van der Waals surface area contributed by atoms with Crippen LogP contribution in [0.4, 0.5) is 0 Å². The van der Waals surface area contributed by atoms with Gasteiger partial charge >= 0.3 is 0 Å². The number of nitrogens with one attached hydrogen (secondary N) is 1. The van der Waals surface area contributed by atoms with E-state index in [4.69, 9.17) is 0 Å². The molecule has 4 heterocycles. The first-order valence-corrected chi connectivity index (χ1v) is 9.52. The molecule has 3 atom stereocenters. The van der Waals surface area contributed by atoms with E-state index in [1.165, 1.54) is 6.07 Å². The van der Waals surface area contributed by atoms with Gasteiger partial charge in [-0.1, -0.05) is 6.07 Å². The van der Waals surface area contributed by atoms with Crippen LogP contribution >= 0.6 is 0 Å². The minimum Gasteiger partial charge on any atom is -0.342 e. The Labute approximate surface area is 153 Å². The fourth-order valence-electron chi connectivity index (χ4n) is 4.76. The van der Waals surface area contributed by atoms with Crippen molar-refractivity contribution >= 4 is 11.8 Å². The lowest BCUT2D eigenvalue weighted by Crippen LogP contribution is -2.55. The lowest BCUT2D eigenvalue weighted by atomic mass is 9.78. The van der Waals surface area contributed by atoms with Gasteiger partial charge in [0.25, 0.3) is 5.56 Å². The average molecular weight is 358 g/mol. The van der Waals surface area contributed by atoms with Crippen molar-refractivity contribution in [1.82, 2.24) is 19.7 Å². The largest absolute Gasteiger partial charge is 0.342 e. The number of hydrogen-bond donors (Lipinski definition) is 1. The highest BCUT2D eigenvalue weighted by Gasteiger charge is 2.45. The van der Waals surface area contributed by atoms with Crippen molar-refractivity contribution in [3.63, 3.8) is 0 Å². The summed E-state index contributed by atoms with van der Waals surface area (Å²) in [5.41, 5.74) is 0.783. The molecule has 1 aromatic rings. The van der Waals surface area contributed by atoms with E-state index in [9.17, 15) is 14.4 Å². The molecule has 0 radical (unpaired) electrons. The second kappa shape index (κ2) is 6.87. The van der Waals surface area contributed by atoms with Crippen LogP contribution in [0.15, 0.2) is 23.0 Å². The van der Waals surface area contributed by atoms with Gasteiger partial charge in [0.1, 0.15) is 6.04 Å². The van der Waals surface area contributed by atoms with Crippen LogP contribution in [0.25, 0.3) is 0 Å². The summed E-state index contributed by atoms with van der Waals surface area (Å²) in [5, 5.41) is 3.32. The number of likely N-dealkylation sites (tertiary alicyclic amines) is 1. The van der Waals surface area contributed by atoms with Crippen molar-refractivity contribution in [2.24, 2.45) is 5.92 Å². The molecule has 26 heavy (non-hydrogen) atoms. The zero-order valence-electron chi connectivity index (χ0n) is 15.2. The molecule has 0 aliphatic carbocycles. The number of aromatic nitrogens is 1. The highest BCUT2D eigenvalue weighted by Crippen LogP contribution is 2.41. The Morgan fingerprint density at radius 1 is 1.12 bits per heavy atom. The normalized spacial score (nSPS) is 28.3. The molecule has 3 aliphatic rings. The van der Waals surface area contributed by atoms with E-state index in [-0.39, 0.29) is 29.2 Å². The average Bonchev–Trinajstić information content (AvgIpc) is 2.91. The summed E-state index contributed by atoms with van der Waals surface area (Å²) in [6.07, 6.45) is 1.78. The number of carbonyl (C=O) groups excluding carboxylic acids is 2. The number of piperidine rings is 1. The third-order valence-electron chi connectivity index (χ3n) is 6.00. The van der Waals surface area contributed by atoms with E-state index in [2.05, 4.69) is 5.32 Å². The first-order chi connectivity index (χ1) is 12.6. The third-order valence-corrected chi connectivity index (χ3v) is 6.00. The lowest BCUT2D eigenvalue weighted by Gasteiger charge is -2.47. The van der Waals surface area contributed by atoms with E-state index < -0.39 is 6.04 Å². The van der Waals surface area contributed by atoms with Crippen molar-refractivity contribution in [2.45, 2.75) is 31.7 Å². The van der Waals surface area contributed by atoms with Crippen LogP contribution in [0.5, 0.6) is 0 Å². The van der Waals surface area contributed by atoms with Crippen LogP contribution in [0.2, 0.25) is 0 Å². The van der Waals surface area contributed by atoms with E-state index in [0.29, 0.717) is 26.2 Å². The maximum absolute atomic E-state index is 13.4. The van der Waals surface area contributed by atoms with Gasteiger partial charge in [-0.2, -0.15) is 0 Å². The van der Waals surface area contributed by atoms with Crippen LogP contribution in [0.3, 0.4) is 0 Å². The van der Waals surface area contributed by atoms with Crippen LogP contribution in [-0.2, 0) is 9.59 Å². The van der Waals surface area contributed by atoms with Gasteiger partial charge in [-0.15, -0.1) is 0 Å². The summed E-state index contributed by atoms with van der Waals surface area (Å²) < 4.78 is 1.72. The summed E-state index contributed by atoms with van der Waals surface area (Å²) >= 11 is 0. The zero-order chi connectivity index (χ0) is 18.3. The Hall–Kier alpha value is -2.15. The van der Waals surface area contributed by atoms with Crippen molar-refractivity contribution in [1.29, 1.82) is 0 Å². The van der Waals surface area contributed by atoms with Gasteiger partial charge in [0.2, 0.25) is 11.8 Å². The molecule has 2 fully saturated rings. The number of nitrogens with zero attached hydrogens (tertiary/aromatic N) is 3. The smallest absolute Gasteiger partial charge is 0.251 e. The molecule has 0 saturated carbocycles. The number of carbonyl (C=O) groups is 2. The van der Waals surface area contributed by atoms with Gasteiger partial charge in [0.05, 0.1) is 0 Å². The SMILES string of the molecule is CC(=O)N1C[C@H]2C[C@@H](C1)[C@H](C(=O)N1CCCNCC1)n1c2cccc1=O. The Balaban J connectivity index is 1.74. The van der Waals surface area contributed by atoms with Crippen LogP contribution in [-0.4, -0.2) is 65.4 Å². The first kappa shape index (κ1) is 17.3. The second-order valence-electron chi connectivity index (χ2n) is 7.65. The maximum atomic E-state index is 13.4.